The van der Waals surface area contributed by atoms with E-state index in [0.717, 1.165) is 33.0 Å². The molecule has 0 N–H and O–H groups in total. The van der Waals surface area contributed by atoms with Crippen molar-refractivity contribution >= 4 is 38.4 Å². The highest BCUT2D eigenvalue weighted by Crippen LogP contribution is 2.40. The van der Waals surface area contributed by atoms with E-state index in [0.29, 0.717) is 17.2 Å². The first-order valence-corrected chi connectivity index (χ1v) is 9.38. The molecule has 134 valence electrons. The van der Waals surface area contributed by atoms with Gasteiger partial charge in [-0.3, -0.25) is 4.98 Å². The number of para-hydroxylation sites is 2. The number of aromatic nitrogens is 1. The summed E-state index contributed by atoms with van der Waals surface area (Å²) in [7, 11) is 0. The van der Waals surface area contributed by atoms with Gasteiger partial charge in [0, 0.05) is 27.9 Å². The van der Waals surface area contributed by atoms with E-state index in [1.165, 1.54) is 10.9 Å². The maximum Gasteiger partial charge on any atom is 0.229 e. The molecule has 5 rings (SSSR count). The van der Waals surface area contributed by atoms with Crippen molar-refractivity contribution in [1.29, 1.82) is 0 Å². The van der Waals surface area contributed by atoms with Crippen molar-refractivity contribution in [2.24, 2.45) is 0 Å². The van der Waals surface area contributed by atoms with Crippen LogP contribution in [0.4, 0.5) is 5.69 Å². The molecule has 28 heavy (non-hydrogen) atoms. The summed E-state index contributed by atoms with van der Waals surface area (Å²) in [4.78, 5) is 8.31. The molecule has 3 aromatic carbocycles. The summed E-state index contributed by atoms with van der Waals surface area (Å²) in [5.41, 5.74) is 5.12. The number of hydrogen-bond donors (Lipinski definition) is 0. The minimum atomic E-state index is 0.479. The van der Waals surface area contributed by atoms with Crippen LogP contribution >= 0.6 is 0 Å². The Bertz CT molecular complexity index is 1400. The summed E-state index contributed by atoms with van der Waals surface area (Å²) < 4.78 is 6.22. The van der Waals surface area contributed by atoms with E-state index < -0.39 is 0 Å². The van der Waals surface area contributed by atoms with Gasteiger partial charge in [0.25, 0.3) is 0 Å². The molecule has 5 aromatic rings. The third-order valence-corrected chi connectivity index (χ3v) is 5.33. The number of hydrogen-bond acceptors (Lipinski definition) is 2. The fraction of sp³-hybridized carbons (Fsp3) is 0.120. The number of fused-ring (bicyclic) bond motifs is 4. The van der Waals surface area contributed by atoms with Gasteiger partial charge in [0.05, 0.1) is 12.3 Å². The summed E-state index contributed by atoms with van der Waals surface area (Å²) in [6.07, 6.45) is 1.85. The second-order valence-corrected chi connectivity index (χ2v) is 7.34. The van der Waals surface area contributed by atoms with Gasteiger partial charge in [0.1, 0.15) is 11.2 Å². The summed E-state index contributed by atoms with van der Waals surface area (Å²) in [6.45, 7) is 11.8. The monoisotopic (exact) mass is 362 g/mol. The molecular formula is C25H18N2O. The maximum atomic E-state index is 7.43. The Morgan fingerprint density at radius 3 is 2.46 bits per heavy atom. The van der Waals surface area contributed by atoms with Crippen molar-refractivity contribution in [3.05, 3.63) is 83.8 Å². The third kappa shape index (κ3) is 2.39. The minimum Gasteiger partial charge on any atom is -0.466 e. The standard InChI is InChI=1S/C25H18N2O/c1-15(2)16-10-11-18-17(14-16)12-13-27-23(18)21-8-4-6-19-20-7-5-9-22(26-3)25(20)28-24(19)21/h4-15H,1-2H3. The van der Waals surface area contributed by atoms with Crippen LogP contribution in [0, 0.1) is 6.57 Å². The Morgan fingerprint density at radius 2 is 1.68 bits per heavy atom. The molecule has 2 heterocycles. The van der Waals surface area contributed by atoms with E-state index in [1.807, 2.05) is 36.5 Å². The van der Waals surface area contributed by atoms with Crippen LogP contribution in [0.3, 0.4) is 0 Å². The first kappa shape index (κ1) is 16.5. The SMILES string of the molecule is [C-]#[N+]c1cccc2c1oc1c(-c3nccc4cc(C(C)C)ccc34)cccc12. The predicted octanol–water partition coefficient (Wildman–Crippen LogP) is 7.48. The van der Waals surface area contributed by atoms with E-state index in [9.17, 15) is 0 Å². The van der Waals surface area contributed by atoms with E-state index in [2.05, 4.69) is 43.0 Å². The van der Waals surface area contributed by atoms with Crippen molar-refractivity contribution in [2.45, 2.75) is 19.8 Å². The molecule has 0 aliphatic heterocycles. The zero-order valence-corrected chi connectivity index (χ0v) is 15.7. The molecule has 0 radical (unpaired) electrons. The summed E-state index contributed by atoms with van der Waals surface area (Å²) in [5.74, 6) is 0.479. The lowest BCUT2D eigenvalue weighted by Crippen LogP contribution is -1.90. The first-order valence-electron chi connectivity index (χ1n) is 9.38. The normalized spacial score (nSPS) is 11.5. The lowest BCUT2D eigenvalue weighted by atomic mass is 9.97. The summed E-state index contributed by atoms with van der Waals surface area (Å²) in [6, 6.07) is 20.4. The molecule has 0 saturated heterocycles. The van der Waals surface area contributed by atoms with Crippen LogP contribution in [0.5, 0.6) is 0 Å². The lowest BCUT2D eigenvalue weighted by Gasteiger charge is -2.10. The van der Waals surface area contributed by atoms with Crippen molar-refractivity contribution in [2.75, 3.05) is 0 Å². The van der Waals surface area contributed by atoms with Gasteiger partial charge in [0.2, 0.25) is 5.69 Å². The maximum absolute atomic E-state index is 7.43. The molecule has 0 aliphatic rings. The van der Waals surface area contributed by atoms with Gasteiger partial charge in [-0.2, -0.15) is 0 Å². The van der Waals surface area contributed by atoms with Crippen LogP contribution in [0.25, 0.3) is 48.8 Å². The Hall–Kier alpha value is -3.64. The molecule has 0 atom stereocenters. The van der Waals surface area contributed by atoms with E-state index in [4.69, 9.17) is 16.0 Å². The minimum absolute atomic E-state index is 0.479. The van der Waals surface area contributed by atoms with Crippen LogP contribution in [-0.4, -0.2) is 4.98 Å². The molecule has 0 amide bonds. The second-order valence-electron chi connectivity index (χ2n) is 7.34. The first-order chi connectivity index (χ1) is 13.7. The van der Waals surface area contributed by atoms with Gasteiger partial charge in [-0.05, 0) is 29.0 Å². The molecule has 0 unspecified atom stereocenters. The van der Waals surface area contributed by atoms with Gasteiger partial charge in [-0.15, -0.1) is 0 Å². The highest BCUT2D eigenvalue weighted by molar-refractivity contribution is 6.13. The zero-order valence-electron chi connectivity index (χ0n) is 15.7. The average Bonchev–Trinajstić information content (AvgIpc) is 3.12. The number of furan rings is 1. The Balaban J connectivity index is 1.84. The fourth-order valence-corrected chi connectivity index (χ4v) is 3.85. The molecule has 3 nitrogen and oxygen atoms in total. The van der Waals surface area contributed by atoms with Crippen LogP contribution in [0.1, 0.15) is 25.3 Å². The predicted molar refractivity (Wildman–Crippen MR) is 115 cm³/mol. The van der Waals surface area contributed by atoms with Gasteiger partial charge in [-0.25, -0.2) is 4.85 Å². The van der Waals surface area contributed by atoms with E-state index in [1.54, 1.807) is 6.07 Å². The number of benzene rings is 3. The van der Waals surface area contributed by atoms with Crippen molar-refractivity contribution in [3.63, 3.8) is 0 Å². The van der Waals surface area contributed by atoms with Crippen LogP contribution in [-0.2, 0) is 0 Å². The number of pyridine rings is 1. The highest BCUT2D eigenvalue weighted by Gasteiger charge is 2.16. The summed E-state index contributed by atoms with van der Waals surface area (Å²) >= 11 is 0. The zero-order chi connectivity index (χ0) is 19.3. The Labute approximate surface area is 163 Å². The molecule has 0 saturated carbocycles. The Morgan fingerprint density at radius 1 is 0.893 bits per heavy atom. The van der Waals surface area contributed by atoms with Crippen molar-refractivity contribution in [3.8, 4) is 11.3 Å². The summed E-state index contributed by atoms with van der Waals surface area (Å²) in [5, 5.41) is 4.25. The lowest BCUT2D eigenvalue weighted by molar-refractivity contribution is 0.671. The molecule has 0 fully saturated rings. The van der Waals surface area contributed by atoms with Crippen molar-refractivity contribution < 1.29 is 4.42 Å². The van der Waals surface area contributed by atoms with Gasteiger partial charge in [-0.1, -0.05) is 62.4 Å². The quantitative estimate of drug-likeness (QED) is 0.305. The van der Waals surface area contributed by atoms with Crippen molar-refractivity contribution in [1.82, 2.24) is 4.98 Å². The average molecular weight is 362 g/mol. The smallest absolute Gasteiger partial charge is 0.229 e. The molecule has 0 spiro atoms. The third-order valence-electron chi connectivity index (χ3n) is 5.33. The van der Waals surface area contributed by atoms with Gasteiger partial charge in [0.15, 0.2) is 0 Å². The highest BCUT2D eigenvalue weighted by atomic mass is 16.3. The van der Waals surface area contributed by atoms with E-state index >= 15 is 0 Å². The fourth-order valence-electron chi connectivity index (χ4n) is 3.85. The molecule has 3 heteroatoms. The number of rotatable bonds is 2. The Kier molecular flexibility index (Phi) is 3.67. The van der Waals surface area contributed by atoms with E-state index in [-0.39, 0.29) is 0 Å². The molecular weight excluding hydrogens is 344 g/mol. The molecule has 0 aliphatic carbocycles. The second kappa shape index (κ2) is 6.21. The topological polar surface area (TPSA) is 30.4 Å². The van der Waals surface area contributed by atoms with Crippen LogP contribution < -0.4 is 0 Å². The van der Waals surface area contributed by atoms with Gasteiger partial charge >= 0.3 is 0 Å². The largest absolute Gasteiger partial charge is 0.466 e. The molecule has 2 aromatic heterocycles. The van der Waals surface area contributed by atoms with Gasteiger partial charge < -0.3 is 4.42 Å². The number of nitrogens with zero attached hydrogens (tertiary/aromatic N) is 2. The van der Waals surface area contributed by atoms with Crippen LogP contribution in [0.2, 0.25) is 0 Å². The molecule has 0 bridgehead atoms. The van der Waals surface area contributed by atoms with Crippen LogP contribution in [0.15, 0.2) is 71.3 Å².